The van der Waals surface area contributed by atoms with Crippen LogP contribution in [0.3, 0.4) is 0 Å². The predicted octanol–water partition coefficient (Wildman–Crippen LogP) is 0.0986. The molecular formula is C24H39ClN6O4. The van der Waals surface area contributed by atoms with Crippen molar-refractivity contribution >= 4 is 23.5 Å². The van der Waals surface area contributed by atoms with E-state index in [0.29, 0.717) is 51.4 Å². The minimum atomic E-state index is -0.808. The molecule has 0 aromatic carbocycles. The maximum Gasteiger partial charge on any atom is 0.238 e. The van der Waals surface area contributed by atoms with Crippen molar-refractivity contribution in [1.29, 1.82) is 0 Å². The molecule has 0 bridgehead atoms. The lowest BCUT2D eigenvalue weighted by molar-refractivity contribution is -0.122. The Morgan fingerprint density at radius 2 is 2.34 bits per heavy atom. The summed E-state index contributed by atoms with van der Waals surface area (Å²) in [5.41, 5.74) is 0.990. The Bertz CT molecular complexity index is 818. The third-order valence-corrected chi connectivity index (χ3v) is 7.50. The number of carbonyl (C=O) groups excluding carboxylic acids is 1. The van der Waals surface area contributed by atoms with Crippen molar-refractivity contribution < 1.29 is 19.4 Å². The number of aliphatic hydroxyl groups is 1. The predicted molar refractivity (Wildman–Crippen MR) is 135 cm³/mol. The van der Waals surface area contributed by atoms with Crippen molar-refractivity contribution in [2.75, 3.05) is 46.1 Å². The molecule has 3 aliphatic heterocycles. The summed E-state index contributed by atoms with van der Waals surface area (Å²) in [7, 11) is 0. The van der Waals surface area contributed by atoms with E-state index < -0.39 is 6.29 Å². The number of nitrogens with one attached hydrogen (secondary N) is 4. The molecule has 0 spiro atoms. The summed E-state index contributed by atoms with van der Waals surface area (Å²) in [6.07, 6.45) is 6.56. The number of hydrogen-bond donors (Lipinski definition) is 5. The molecule has 4 rings (SSSR count). The minimum Gasteiger partial charge on any atom is -0.379 e. The molecule has 10 nitrogen and oxygen atoms in total. The van der Waals surface area contributed by atoms with Gasteiger partial charge in [0, 0.05) is 38.1 Å². The zero-order chi connectivity index (χ0) is 24.8. The van der Waals surface area contributed by atoms with Crippen molar-refractivity contribution in [2.24, 2.45) is 16.8 Å². The fourth-order valence-electron chi connectivity index (χ4n) is 4.80. The zero-order valence-electron chi connectivity index (χ0n) is 20.6. The van der Waals surface area contributed by atoms with E-state index in [4.69, 9.17) is 21.1 Å². The standard InChI is InChI=1S/C24H39ClN6O4/c1-3-21(32)35-13-18-16(5-4-6-19(18)25)10-26-23(33)20-11-31(14-28-20)22-15(2)9-27-24(30-22)29-17-7-8-34-12-17/h4-6,15,17-22,28,32H,3,7-14H2,1-2H3,(H,26,33)(H2,27,29,30)/t15-,17+,18-,19?,20+,21?,22-/m1/s1. The van der Waals surface area contributed by atoms with Crippen LogP contribution < -0.4 is 21.3 Å². The van der Waals surface area contributed by atoms with Gasteiger partial charge in [-0.2, -0.15) is 0 Å². The highest BCUT2D eigenvalue weighted by atomic mass is 35.5. The van der Waals surface area contributed by atoms with Gasteiger partial charge in [0.15, 0.2) is 12.2 Å². The van der Waals surface area contributed by atoms with Gasteiger partial charge < -0.3 is 30.5 Å². The van der Waals surface area contributed by atoms with Gasteiger partial charge in [0.2, 0.25) is 5.91 Å². The molecule has 1 amide bonds. The number of aliphatic imine (C=N–C) groups is 1. The first-order valence-corrected chi connectivity index (χ1v) is 13.1. The first-order valence-electron chi connectivity index (χ1n) is 12.7. The second-order valence-electron chi connectivity index (χ2n) is 9.74. The van der Waals surface area contributed by atoms with Crippen molar-refractivity contribution in [3.63, 3.8) is 0 Å². The third-order valence-electron chi connectivity index (χ3n) is 7.05. The normalized spacial score (nSPS) is 34.2. The van der Waals surface area contributed by atoms with Gasteiger partial charge in [0.1, 0.15) is 6.04 Å². The molecule has 2 unspecified atom stereocenters. The number of rotatable bonds is 9. The minimum absolute atomic E-state index is 0.0408. The summed E-state index contributed by atoms with van der Waals surface area (Å²) in [5, 5.41) is 22.9. The highest BCUT2D eigenvalue weighted by Gasteiger charge is 2.36. The molecule has 2 saturated heterocycles. The van der Waals surface area contributed by atoms with E-state index in [1.165, 1.54) is 0 Å². The van der Waals surface area contributed by atoms with Crippen LogP contribution in [0.4, 0.5) is 0 Å². The number of allylic oxidation sites excluding steroid dienone is 3. The number of amides is 1. The van der Waals surface area contributed by atoms with Crippen molar-refractivity contribution in [2.45, 2.75) is 56.6 Å². The van der Waals surface area contributed by atoms with E-state index >= 15 is 0 Å². The number of hydrogen-bond acceptors (Lipinski definition) is 9. The van der Waals surface area contributed by atoms with Gasteiger partial charge in [-0.05, 0) is 18.4 Å². The molecular weight excluding hydrogens is 472 g/mol. The van der Waals surface area contributed by atoms with Crippen LogP contribution in [0.5, 0.6) is 0 Å². The van der Waals surface area contributed by atoms with E-state index in [0.717, 1.165) is 31.1 Å². The molecule has 3 heterocycles. The third kappa shape index (κ3) is 6.96. The molecule has 4 aliphatic rings. The Labute approximate surface area is 212 Å². The van der Waals surface area contributed by atoms with Crippen LogP contribution in [0, 0.1) is 11.8 Å². The van der Waals surface area contributed by atoms with Crippen LogP contribution in [-0.4, -0.2) is 97.9 Å². The van der Waals surface area contributed by atoms with Gasteiger partial charge in [0.05, 0.1) is 37.5 Å². The topological polar surface area (TPSA) is 119 Å². The lowest BCUT2D eigenvalue weighted by Gasteiger charge is -2.37. The monoisotopic (exact) mass is 510 g/mol. The zero-order valence-corrected chi connectivity index (χ0v) is 21.3. The second kappa shape index (κ2) is 12.5. The summed E-state index contributed by atoms with van der Waals surface area (Å²) < 4.78 is 11.0. The number of halogens is 1. The van der Waals surface area contributed by atoms with E-state index in [-0.39, 0.29) is 29.4 Å². The van der Waals surface area contributed by atoms with Crippen molar-refractivity contribution in [3.8, 4) is 0 Å². The number of carbonyl (C=O) groups is 1. The Morgan fingerprint density at radius 1 is 1.49 bits per heavy atom. The molecule has 0 saturated carbocycles. The number of alkyl halides is 1. The maximum atomic E-state index is 13.0. The molecule has 35 heavy (non-hydrogen) atoms. The second-order valence-corrected chi connectivity index (χ2v) is 10.2. The lowest BCUT2D eigenvalue weighted by atomic mass is 9.91. The molecule has 1 aliphatic carbocycles. The Hall–Kier alpha value is -1.69. The van der Waals surface area contributed by atoms with Crippen LogP contribution in [0.1, 0.15) is 26.7 Å². The average molecular weight is 511 g/mol. The molecule has 7 atom stereocenters. The first-order chi connectivity index (χ1) is 16.9. The highest BCUT2D eigenvalue weighted by molar-refractivity contribution is 6.22. The van der Waals surface area contributed by atoms with Crippen molar-refractivity contribution in [3.05, 3.63) is 23.8 Å². The number of aliphatic hydroxyl groups excluding tert-OH is 1. The van der Waals surface area contributed by atoms with E-state index in [1.54, 1.807) is 0 Å². The average Bonchev–Trinajstić information content (AvgIpc) is 3.55. The Morgan fingerprint density at radius 3 is 3.11 bits per heavy atom. The largest absolute Gasteiger partial charge is 0.379 e. The Balaban J connectivity index is 1.26. The van der Waals surface area contributed by atoms with Gasteiger partial charge in [-0.3, -0.25) is 20.0 Å². The SMILES string of the molecule is CCC(O)OC[C@@H]1C(CNC(=O)[C@@H]2CN([C@H]3NC(N[C@H]4CCOC4)=NC[C@H]3C)CN2)=CC=CC1Cl. The fraction of sp³-hybridized carbons (Fsp3) is 0.750. The van der Waals surface area contributed by atoms with Gasteiger partial charge in [0.25, 0.3) is 0 Å². The summed E-state index contributed by atoms with van der Waals surface area (Å²) >= 11 is 6.48. The van der Waals surface area contributed by atoms with E-state index in [9.17, 15) is 9.90 Å². The summed E-state index contributed by atoms with van der Waals surface area (Å²) in [4.78, 5) is 19.9. The van der Waals surface area contributed by atoms with Gasteiger partial charge in [-0.25, -0.2) is 0 Å². The number of nitrogens with zero attached hydrogens (tertiary/aromatic N) is 2. The van der Waals surface area contributed by atoms with Crippen LogP contribution >= 0.6 is 11.6 Å². The van der Waals surface area contributed by atoms with Crippen molar-refractivity contribution in [1.82, 2.24) is 26.2 Å². The van der Waals surface area contributed by atoms with Crippen LogP contribution in [0.2, 0.25) is 0 Å². The van der Waals surface area contributed by atoms with E-state index in [2.05, 4.69) is 38.1 Å². The van der Waals surface area contributed by atoms with Crippen LogP contribution in [0.25, 0.3) is 0 Å². The highest BCUT2D eigenvalue weighted by Crippen LogP contribution is 2.26. The van der Waals surface area contributed by atoms with E-state index in [1.807, 2.05) is 25.2 Å². The Kier molecular flexibility index (Phi) is 9.43. The quantitative estimate of drug-likeness (QED) is 0.219. The van der Waals surface area contributed by atoms with Gasteiger partial charge >= 0.3 is 0 Å². The molecule has 0 radical (unpaired) electrons. The molecule has 0 aromatic heterocycles. The van der Waals surface area contributed by atoms with Gasteiger partial charge in [-0.1, -0.05) is 32.1 Å². The molecule has 196 valence electrons. The van der Waals surface area contributed by atoms with Gasteiger partial charge in [-0.15, -0.1) is 11.6 Å². The number of guanidine groups is 1. The molecule has 11 heteroatoms. The molecule has 2 fully saturated rings. The summed E-state index contributed by atoms with van der Waals surface area (Å²) in [6.45, 7) is 8.19. The number of ether oxygens (including phenoxy) is 2. The molecule has 0 aromatic rings. The first kappa shape index (κ1) is 26.4. The maximum absolute atomic E-state index is 13.0. The lowest BCUT2D eigenvalue weighted by Crippen LogP contribution is -2.59. The summed E-state index contributed by atoms with van der Waals surface area (Å²) in [5.74, 6) is 0.994. The fourth-order valence-corrected chi connectivity index (χ4v) is 5.12. The smallest absolute Gasteiger partial charge is 0.238 e. The summed E-state index contributed by atoms with van der Waals surface area (Å²) in [6, 6.07) is -0.00725. The van der Waals surface area contributed by atoms with Crippen LogP contribution in [-0.2, 0) is 14.3 Å². The van der Waals surface area contributed by atoms with Crippen LogP contribution in [0.15, 0.2) is 28.8 Å². The molecule has 5 N–H and O–H groups in total.